The van der Waals surface area contributed by atoms with Crippen LogP contribution in [0.5, 0.6) is 0 Å². The molecule has 0 aliphatic carbocycles. The van der Waals surface area contributed by atoms with Gasteiger partial charge in [0.1, 0.15) is 11.9 Å². The van der Waals surface area contributed by atoms with E-state index in [1.54, 1.807) is 14.0 Å². The third-order valence-electron chi connectivity index (χ3n) is 3.55. The predicted octanol–water partition coefficient (Wildman–Crippen LogP) is 0.698. The van der Waals surface area contributed by atoms with Gasteiger partial charge in [0.25, 0.3) is 0 Å². The van der Waals surface area contributed by atoms with Crippen molar-refractivity contribution in [2.45, 2.75) is 25.8 Å². The van der Waals surface area contributed by atoms with Crippen molar-refractivity contribution in [3.63, 3.8) is 0 Å². The van der Waals surface area contributed by atoms with Crippen LogP contribution < -0.4 is 0 Å². The number of likely N-dealkylation sites (N-methyl/N-ethyl adjacent to an activating group) is 1. The summed E-state index contributed by atoms with van der Waals surface area (Å²) >= 11 is 0. The van der Waals surface area contributed by atoms with Gasteiger partial charge in [-0.3, -0.25) is 9.59 Å². The lowest BCUT2D eigenvalue weighted by Crippen LogP contribution is -2.37. The van der Waals surface area contributed by atoms with E-state index in [1.807, 2.05) is 30.3 Å². The van der Waals surface area contributed by atoms with Crippen molar-refractivity contribution in [2.24, 2.45) is 0 Å². The average molecular weight is 317 g/mol. The molecular weight excluding hydrogens is 298 g/mol. The Labute approximate surface area is 133 Å². The summed E-state index contributed by atoms with van der Waals surface area (Å²) in [5.41, 5.74) is 0.979. The smallest absolute Gasteiger partial charge is 0.305 e. The molecule has 0 radical (unpaired) electrons. The maximum absolute atomic E-state index is 12.7. The van der Waals surface area contributed by atoms with Gasteiger partial charge in [-0.15, -0.1) is 5.10 Å². The van der Waals surface area contributed by atoms with Gasteiger partial charge in [0, 0.05) is 20.0 Å². The van der Waals surface area contributed by atoms with Gasteiger partial charge in [0.15, 0.2) is 0 Å². The number of rotatable bonds is 7. The molecule has 1 heterocycles. The Kier molecular flexibility index (Phi) is 5.40. The average Bonchev–Trinajstić information content (AvgIpc) is 2.96. The number of benzene rings is 1. The second-order valence-electron chi connectivity index (χ2n) is 5.28. The number of hydrogen-bond acceptors (Lipinski definition) is 5. The molecular formula is C15H19N5O3. The first kappa shape index (κ1) is 16.6. The Morgan fingerprint density at radius 1 is 1.30 bits per heavy atom. The highest BCUT2D eigenvalue weighted by Gasteiger charge is 2.27. The number of nitrogens with zero attached hydrogens (tertiary/aromatic N) is 5. The molecule has 8 nitrogen and oxygen atoms in total. The first-order chi connectivity index (χ1) is 11.0. The number of carbonyl (C=O) groups excluding carboxylic acids is 1. The summed E-state index contributed by atoms with van der Waals surface area (Å²) in [5, 5.41) is 20.1. The summed E-state index contributed by atoms with van der Waals surface area (Å²) in [6, 6.07) is 8.96. The number of carbonyl (C=O) groups is 2. The minimum atomic E-state index is -0.942. The fourth-order valence-electron chi connectivity index (χ4n) is 2.27. The van der Waals surface area contributed by atoms with Gasteiger partial charge < -0.3 is 10.0 Å². The van der Waals surface area contributed by atoms with Crippen LogP contribution in [-0.2, 0) is 16.0 Å². The second-order valence-corrected chi connectivity index (χ2v) is 5.28. The van der Waals surface area contributed by atoms with Gasteiger partial charge in [0.05, 0.1) is 6.42 Å². The molecule has 1 aromatic carbocycles. The van der Waals surface area contributed by atoms with Crippen LogP contribution in [0.1, 0.15) is 23.9 Å². The molecule has 0 aliphatic rings. The minimum absolute atomic E-state index is 0.102. The van der Waals surface area contributed by atoms with E-state index in [0.717, 1.165) is 5.56 Å². The standard InChI is InChI=1S/C15H19N5O3/c1-11-16-17-18-20(11)13(10-12-6-4-3-5-7-12)15(23)19(2)9-8-14(21)22/h3-7,13H,8-10H2,1-2H3,(H,21,22). The van der Waals surface area contributed by atoms with Gasteiger partial charge in [-0.2, -0.15) is 0 Å². The molecule has 2 rings (SSSR count). The van der Waals surface area contributed by atoms with Crippen LogP contribution >= 0.6 is 0 Å². The van der Waals surface area contributed by atoms with E-state index in [9.17, 15) is 9.59 Å². The second kappa shape index (κ2) is 7.48. The number of hydrogen-bond donors (Lipinski definition) is 1. The molecule has 0 saturated heterocycles. The maximum atomic E-state index is 12.7. The van der Waals surface area contributed by atoms with Crippen LogP contribution in [0.25, 0.3) is 0 Å². The SMILES string of the molecule is Cc1nnnn1C(Cc1ccccc1)C(=O)N(C)CCC(=O)O. The van der Waals surface area contributed by atoms with Crippen molar-refractivity contribution in [3.8, 4) is 0 Å². The summed E-state index contributed by atoms with van der Waals surface area (Å²) < 4.78 is 1.48. The van der Waals surface area contributed by atoms with E-state index < -0.39 is 12.0 Å². The van der Waals surface area contributed by atoms with Gasteiger partial charge in [-0.05, 0) is 22.9 Å². The highest BCUT2D eigenvalue weighted by molar-refractivity contribution is 5.81. The Hall–Kier alpha value is -2.77. The van der Waals surface area contributed by atoms with Crippen LogP contribution in [0, 0.1) is 6.92 Å². The molecule has 0 aliphatic heterocycles. The summed E-state index contributed by atoms with van der Waals surface area (Å²) in [7, 11) is 1.59. The highest BCUT2D eigenvalue weighted by Crippen LogP contribution is 2.17. The minimum Gasteiger partial charge on any atom is -0.481 e. The summed E-state index contributed by atoms with van der Waals surface area (Å²) in [5.74, 6) is -0.626. The van der Waals surface area contributed by atoms with E-state index in [4.69, 9.17) is 5.11 Å². The molecule has 23 heavy (non-hydrogen) atoms. The van der Waals surface area contributed by atoms with Crippen molar-refractivity contribution < 1.29 is 14.7 Å². The number of aryl methyl sites for hydroxylation is 1. The zero-order chi connectivity index (χ0) is 16.8. The van der Waals surface area contributed by atoms with Crippen molar-refractivity contribution in [2.75, 3.05) is 13.6 Å². The van der Waals surface area contributed by atoms with E-state index in [1.165, 1.54) is 9.58 Å². The Morgan fingerprint density at radius 3 is 2.57 bits per heavy atom. The molecule has 0 bridgehead atoms. The van der Waals surface area contributed by atoms with Gasteiger partial charge in [0.2, 0.25) is 5.91 Å². The predicted molar refractivity (Wildman–Crippen MR) is 81.6 cm³/mol. The number of aliphatic carboxylic acids is 1. The lowest BCUT2D eigenvalue weighted by atomic mass is 10.0. The number of aromatic nitrogens is 4. The third-order valence-corrected chi connectivity index (χ3v) is 3.55. The largest absolute Gasteiger partial charge is 0.481 e. The Bertz CT molecular complexity index is 671. The first-order valence-corrected chi connectivity index (χ1v) is 7.24. The van der Waals surface area contributed by atoms with Crippen LogP contribution in [0.2, 0.25) is 0 Å². The van der Waals surface area contributed by atoms with E-state index in [-0.39, 0.29) is 18.9 Å². The molecule has 0 spiro atoms. The zero-order valence-electron chi connectivity index (χ0n) is 13.1. The number of tetrazole rings is 1. The van der Waals surface area contributed by atoms with Crippen molar-refractivity contribution in [1.29, 1.82) is 0 Å². The van der Waals surface area contributed by atoms with Crippen molar-refractivity contribution in [3.05, 3.63) is 41.7 Å². The summed E-state index contributed by atoms with van der Waals surface area (Å²) in [4.78, 5) is 24.8. The molecule has 8 heteroatoms. The lowest BCUT2D eigenvalue weighted by Gasteiger charge is -2.23. The van der Waals surface area contributed by atoms with Crippen molar-refractivity contribution in [1.82, 2.24) is 25.1 Å². The molecule has 0 saturated carbocycles. The molecule has 1 unspecified atom stereocenters. The molecule has 2 aromatic rings. The normalized spacial score (nSPS) is 11.9. The van der Waals surface area contributed by atoms with E-state index >= 15 is 0 Å². The molecule has 1 atom stereocenters. The summed E-state index contributed by atoms with van der Waals surface area (Å²) in [6.45, 7) is 1.86. The first-order valence-electron chi connectivity index (χ1n) is 7.24. The zero-order valence-corrected chi connectivity index (χ0v) is 13.1. The number of amides is 1. The Morgan fingerprint density at radius 2 is 2.00 bits per heavy atom. The molecule has 0 fully saturated rings. The number of carboxylic acids is 1. The quantitative estimate of drug-likeness (QED) is 0.806. The number of carboxylic acid groups (broad SMARTS) is 1. The molecule has 1 amide bonds. The lowest BCUT2D eigenvalue weighted by molar-refractivity contribution is -0.139. The van der Waals surface area contributed by atoms with Crippen LogP contribution in [0.3, 0.4) is 0 Å². The Balaban J connectivity index is 2.21. The maximum Gasteiger partial charge on any atom is 0.305 e. The fraction of sp³-hybridized carbons (Fsp3) is 0.400. The van der Waals surface area contributed by atoms with Crippen LogP contribution in [0.4, 0.5) is 0 Å². The van der Waals surface area contributed by atoms with E-state index in [0.29, 0.717) is 12.2 Å². The highest BCUT2D eigenvalue weighted by atomic mass is 16.4. The van der Waals surface area contributed by atoms with Gasteiger partial charge in [-0.25, -0.2) is 4.68 Å². The van der Waals surface area contributed by atoms with Crippen LogP contribution in [0.15, 0.2) is 30.3 Å². The third kappa shape index (κ3) is 4.35. The molecule has 1 N–H and O–H groups in total. The molecule has 122 valence electrons. The molecule has 1 aromatic heterocycles. The topological polar surface area (TPSA) is 101 Å². The van der Waals surface area contributed by atoms with Crippen LogP contribution in [-0.4, -0.2) is 55.7 Å². The monoisotopic (exact) mass is 317 g/mol. The van der Waals surface area contributed by atoms with E-state index in [2.05, 4.69) is 15.5 Å². The summed E-state index contributed by atoms with van der Waals surface area (Å²) in [6.07, 6.45) is 0.331. The fourth-order valence-corrected chi connectivity index (χ4v) is 2.27. The van der Waals surface area contributed by atoms with Gasteiger partial charge >= 0.3 is 5.97 Å². The van der Waals surface area contributed by atoms with Gasteiger partial charge in [-0.1, -0.05) is 30.3 Å². The van der Waals surface area contributed by atoms with Crippen molar-refractivity contribution >= 4 is 11.9 Å².